The van der Waals surface area contributed by atoms with Gasteiger partial charge in [0.1, 0.15) is 0 Å². The molecule has 0 aromatic carbocycles. The number of thioether (sulfide) groups is 2. The van der Waals surface area contributed by atoms with Crippen molar-refractivity contribution >= 4 is 23.5 Å². The molecule has 0 aliphatic carbocycles. The highest BCUT2D eigenvalue weighted by Gasteiger charge is 2.27. The lowest BCUT2D eigenvalue weighted by Gasteiger charge is -2.32. The van der Waals surface area contributed by atoms with E-state index in [1.54, 1.807) is 0 Å². The number of ether oxygens (including phenoxy) is 2. The highest BCUT2D eigenvalue weighted by Crippen LogP contribution is 2.22. The van der Waals surface area contributed by atoms with Gasteiger partial charge in [-0.15, -0.1) is 0 Å². The van der Waals surface area contributed by atoms with Gasteiger partial charge in [0.05, 0.1) is 25.4 Å². The van der Waals surface area contributed by atoms with E-state index in [0.29, 0.717) is 12.2 Å². The van der Waals surface area contributed by atoms with E-state index in [9.17, 15) is 0 Å². The van der Waals surface area contributed by atoms with Gasteiger partial charge in [-0.2, -0.15) is 23.5 Å². The molecule has 0 radical (unpaired) electrons. The Morgan fingerprint density at radius 3 is 1.67 bits per heavy atom. The molecule has 2 aliphatic heterocycles. The fourth-order valence-corrected chi connectivity index (χ4v) is 3.29. The summed E-state index contributed by atoms with van der Waals surface area (Å²) in [7, 11) is 0. The summed E-state index contributed by atoms with van der Waals surface area (Å²) in [6.45, 7) is 1.81. The minimum Gasteiger partial charge on any atom is -0.374 e. The number of hydrogen-bond donors (Lipinski definition) is 0. The van der Waals surface area contributed by atoms with Crippen molar-refractivity contribution in [2.45, 2.75) is 12.2 Å². The first-order valence-corrected chi connectivity index (χ1v) is 6.66. The lowest BCUT2D eigenvalue weighted by atomic mass is 10.2. The summed E-state index contributed by atoms with van der Waals surface area (Å²) < 4.78 is 11.3. The maximum atomic E-state index is 5.66. The quantitative estimate of drug-likeness (QED) is 0.642. The molecule has 2 saturated heterocycles. The van der Waals surface area contributed by atoms with Crippen LogP contribution in [0.2, 0.25) is 0 Å². The SMILES string of the molecule is C1CSCC(C2CSCCO2)O1. The van der Waals surface area contributed by atoms with Crippen LogP contribution in [0.4, 0.5) is 0 Å². The van der Waals surface area contributed by atoms with Gasteiger partial charge in [-0.3, -0.25) is 0 Å². The molecule has 0 N–H and O–H groups in total. The Hall–Kier alpha value is 0.620. The zero-order valence-electron chi connectivity index (χ0n) is 7.03. The molecule has 0 spiro atoms. The van der Waals surface area contributed by atoms with Gasteiger partial charge in [-0.05, 0) is 0 Å². The van der Waals surface area contributed by atoms with Gasteiger partial charge < -0.3 is 9.47 Å². The fourth-order valence-electron chi connectivity index (χ4n) is 1.44. The Kier molecular flexibility index (Phi) is 3.63. The van der Waals surface area contributed by atoms with Crippen molar-refractivity contribution < 1.29 is 9.47 Å². The van der Waals surface area contributed by atoms with E-state index in [0.717, 1.165) is 36.2 Å². The minimum absolute atomic E-state index is 0.358. The van der Waals surface area contributed by atoms with Crippen molar-refractivity contribution in [2.24, 2.45) is 0 Å². The van der Waals surface area contributed by atoms with Crippen molar-refractivity contribution in [3.05, 3.63) is 0 Å². The normalized spacial score (nSPS) is 38.0. The van der Waals surface area contributed by atoms with Gasteiger partial charge in [0, 0.05) is 23.0 Å². The van der Waals surface area contributed by atoms with E-state index < -0.39 is 0 Å². The number of hydrogen-bond acceptors (Lipinski definition) is 4. The molecule has 0 saturated carbocycles. The molecule has 2 heterocycles. The summed E-state index contributed by atoms with van der Waals surface area (Å²) in [5.41, 5.74) is 0. The van der Waals surface area contributed by atoms with E-state index in [2.05, 4.69) is 0 Å². The monoisotopic (exact) mass is 206 g/mol. The van der Waals surface area contributed by atoms with Gasteiger partial charge in [0.15, 0.2) is 0 Å². The van der Waals surface area contributed by atoms with Gasteiger partial charge in [0.25, 0.3) is 0 Å². The van der Waals surface area contributed by atoms with E-state index in [-0.39, 0.29) is 0 Å². The molecule has 0 aromatic heterocycles. The Balaban J connectivity index is 1.80. The summed E-state index contributed by atoms with van der Waals surface area (Å²) >= 11 is 3.96. The summed E-state index contributed by atoms with van der Waals surface area (Å²) in [5.74, 6) is 4.53. The second-order valence-corrected chi connectivity index (χ2v) is 5.27. The Morgan fingerprint density at radius 2 is 1.33 bits per heavy atom. The highest BCUT2D eigenvalue weighted by molar-refractivity contribution is 7.99. The van der Waals surface area contributed by atoms with Gasteiger partial charge in [0.2, 0.25) is 0 Å². The van der Waals surface area contributed by atoms with Crippen LogP contribution in [-0.2, 0) is 9.47 Å². The zero-order chi connectivity index (χ0) is 8.23. The summed E-state index contributed by atoms with van der Waals surface area (Å²) in [6, 6.07) is 0. The topological polar surface area (TPSA) is 18.5 Å². The fraction of sp³-hybridized carbons (Fsp3) is 1.00. The third kappa shape index (κ3) is 2.31. The molecule has 4 heteroatoms. The molecule has 2 unspecified atom stereocenters. The van der Waals surface area contributed by atoms with Crippen LogP contribution in [0, 0.1) is 0 Å². The van der Waals surface area contributed by atoms with Crippen LogP contribution in [0.3, 0.4) is 0 Å². The van der Waals surface area contributed by atoms with Gasteiger partial charge in [-0.1, -0.05) is 0 Å². The summed E-state index contributed by atoms with van der Waals surface area (Å²) in [5, 5.41) is 0. The third-order valence-electron chi connectivity index (χ3n) is 2.10. The maximum absolute atomic E-state index is 5.66. The minimum atomic E-state index is 0.358. The molecule has 12 heavy (non-hydrogen) atoms. The Morgan fingerprint density at radius 1 is 0.833 bits per heavy atom. The molecule has 0 aromatic rings. The van der Waals surface area contributed by atoms with Crippen molar-refractivity contribution in [2.75, 3.05) is 36.2 Å². The molecular weight excluding hydrogens is 192 g/mol. The van der Waals surface area contributed by atoms with E-state index in [1.807, 2.05) is 23.5 Å². The number of rotatable bonds is 1. The van der Waals surface area contributed by atoms with Crippen LogP contribution in [0.1, 0.15) is 0 Å². The molecule has 0 bridgehead atoms. The molecule has 2 rings (SSSR count). The van der Waals surface area contributed by atoms with Crippen LogP contribution in [0.5, 0.6) is 0 Å². The van der Waals surface area contributed by atoms with E-state index in [1.165, 1.54) is 0 Å². The molecule has 70 valence electrons. The largest absolute Gasteiger partial charge is 0.374 e. The lowest BCUT2D eigenvalue weighted by molar-refractivity contribution is -0.0486. The standard InChI is InChI=1S/C8H14O2S2/c1-3-11-5-7(9-1)8-6-12-4-2-10-8/h7-8H,1-6H2. The predicted octanol–water partition coefficient (Wildman–Crippen LogP) is 1.25. The van der Waals surface area contributed by atoms with Crippen LogP contribution in [-0.4, -0.2) is 48.4 Å². The van der Waals surface area contributed by atoms with Crippen LogP contribution < -0.4 is 0 Å². The lowest BCUT2D eigenvalue weighted by Crippen LogP contribution is -2.41. The molecule has 2 aliphatic rings. The van der Waals surface area contributed by atoms with E-state index in [4.69, 9.17) is 9.47 Å². The summed E-state index contributed by atoms with van der Waals surface area (Å²) in [6.07, 6.45) is 0.716. The first-order valence-electron chi connectivity index (χ1n) is 4.35. The molecule has 2 nitrogen and oxygen atoms in total. The average Bonchev–Trinajstić information content (AvgIpc) is 2.21. The molecule has 2 atom stereocenters. The maximum Gasteiger partial charge on any atom is 0.0935 e. The molecule has 2 fully saturated rings. The van der Waals surface area contributed by atoms with Crippen molar-refractivity contribution in [1.29, 1.82) is 0 Å². The van der Waals surface area contributed by atoms with Crippen LogP contribution in [0.25, 0.3) is 0 Å². The van der Waals surface area contributed by atoms with Gasteiger partial charge >= 0.3 is 0 Å². The van der Waals surface area contributed by atoms with Crippen LogP contribution in [0.15, 0.2) is 0 Å². The highest BCUT2D eigenvalue weighted by atomic mass is 32.2. The molecule has 0 amide bonds. The first-order chi connectivity index (χ1) is 5.97. The van der Waals surface area contributed by atoms with Crippen molar-refractivity contribution in [1.82, 2.24) is 0 Å². The first kappa shape index (κ1) is 9.19. The zero-order valence-corrected chi connectivity index (χ0v) is 8.66. The second-order valence-electron chi connectivity index (χ2n) is 2.97. The Bertz CT molecular complexity index is 115. The predicted molar refractivity (Wildman–Crippen MR) is 54.1 cm³/mol. The van der Waals surface area contributed by atoms with Gasteiger partial charge in [-0.25, -0.2) is 0 Å². The Labute approximate surface area is 81.8 Å². The second kappa shape index (κ2) is 4.74. The third-order valence-corrected chi connectivity index (χ3v) is 4.14. The van der Waals surface area contributed by atoms with E-state index >= 15 is 0 Å². The van der Waals surface area contributed by atoms with Crippen molar-refractivity contribution in [3.63, 3.8) is 0 Å². The average molecular weight is 206 g/mol. The van der Waals surface area contributed by atoms with Crippen LogP contribution >= 0.6 is 23.5 Å². The van der Waals surface area contributed by atoms with Crippen molar-refractivity contribution in [3.8, 4) is 0 Å². The smallest absolute Gasteiger partial charge is 0.0935 e. The molecular formula is C8H14O2S2. The summed E-state index contributed by atoms with van der Waals surface area (Å²) in [4.78, 5) is 0.